The first kappa shape index (κ1) is 18.6. The number of rotatable bonds is 7. The lowest BCUT2D eigenvalue weighted by Crippen LogP contribution is -2.10. The highest BCUT2D eigenvalue weighted by molar-refractivity contribution is 6.11. The van der Waals surface area contributed by atoms with E-state index in [2.05, 4.69) is 6.58 Å². The molecule has 4 aromatic rings. The Bertz CT molecular complexity index is 1110. The van der Waals surface area contributed by atoms with Gasteiger partial charge in [0.1, 0.15) is 30.5 Å². The molecule has 0 aromatic heterocycles. The Morgan fingerprint density at radius 1 is 0.724 bits per heavy atom. The highest BCUT2D eigenvalue weighted by Crippen LogP contribution is 2.44. The van der Waals surface area contributed by atoms with Crippen molar-refractivity contribution < 1.29 is 19.0 Å². The molecule has 0 aliphatic rings. The summed E-state index contributed by atoms with van der Waals surface area (Å²) in [6.45, 7) is 3.79. The third kappa shape index (κ3) is 3.92. The van der Waals surface area contributed by atoms with Crippen molar-refractivity contribution in [1.29, 1.82) is 0 Å². The molecule has 0 fully saturated rings. The summed E-state index contributed by atoms with van der Waals surface area (Å²) >= 11 is 0. The molecule has 0 amide bonds. The molecule has 0 aliphatic carbocycles. The van der Waals surface area contributed by atoms with Crippen LogP contribution in [-0.2, 0) is 9.53 Å². The number of hydrogen-bond acceptors (Lipinski definition) is 4. The maximum atomic E-state index is 11.3. The van der Waals surface area contributed by atoms with Gasteiger partial charge in [0.05, 0.1) is 0 Å². The van der Waals surface area contributed by atoms with Crippen molar-refractivity contribution >= 4 is 27.5 Å². The minimum Gasteiger partial charge on any atom is -0.489 e. The largest absolute Gasteiger partial charge is 0.489 e. The summed E-state index contributed by atoms with van der Waals surface area (Å²) in [6, 6.07) is 25.6. The third-order valence-electron chi connectivity index (χ3n) is 4.54. The van der Waals surface area contributed by atoms with Crippen LogP contribution in [0.3, 0.4) is 0 Å². The second-order valence-corrected chi connectivity index (χ2v) is 6.38. The van der Waals surface area contributed by atoms with Gasteiger partial charge >= 0.3 is 5.97 Å². The average molecular weight is 384 g/mol. The summed E-state index contributed by atoms with van der Waals surface area (Å²) in [5, 5.41) is 3.78. The maximum Gasteiger partial charge on any atom is 0.330 e. The van der Waals surface area contributed by atoms with Gasteiger partial charge in [0, 0.05) is 27.6 Å². The second-order valence-electron chi connectivity index (χ2n) is 6.38. The zero-order valence-electron chi connectivity index (χ0n) is 15.8. The van der Waals surface area contributed by atoms with Crippen molar-refractivity contribution in [2.24, 2.45) is 0 Å². The van der Waals surface area contributed by atoms with E-state index in [1.165, 1.54) is 0 Å². The molecule has 0 radical (unpaired) electrons. The van der Waals surface area contributed by atoms with E-state index in [1.807, 2.05) is 78.9 Å². The van der Waals surface area contributed by atoms with Crippen LogP contribution in [0.15, 0.2) is 91.5 Å². The first-order chi connectivity index (χ1) is 14.3. The molecule has 0 unspecified atom stereocenters. The van der Waals surface area contributed by atoms with Gasteiger partial charge in [-0.3, -0.25) is 0 Å². The predicted molar refractivity (Wildman–Crippen MR) is 115 cm³/mol. The SMILES string of the molecule is C=CC(=O)OCCOc1c2ccccc2c(Oc2ccccc2)c2ccccc12. The minimum atomic E-state index is -0.463. The van der Waals surface area contributed by atoms with Crippen molar-refractivity contribution in [3.05, 3.63) is 91.5 Å². The molecular formula is C25H20O4. The Morgan fingerprint density at radius 3 is 1.79 bits per heavy atom. The first-order valence-electron chi connectivity index (χ1n) is 9.36. The number of para-hydroxylation sites is 1. The summed E-state index contributed by atoms with van der Waals surface area (Å²) in [5.74, 6) is 1.84. The highest BCUT2D eigenvalue weighted by Gasteiger charge is 2.16. The van der Waals surface area contributed by atoms with Crippen LogP contribution in [0.2, 0.25) is 0 Å². The average Bonchev–Trinajstić information content (AvgIpc) is 2.78. The Balaban J connectivity index is 1.79. The van der Waals surface area contributed by atoms with Gasteiger partial charge in [0.25, 0.3) is 0 Å². The molecule has 4 heteroatoms. The lowest BCUT2D eigenvalue weighted by molar-refractivity contribution is -0.138. The monoisotopic (exact) mass is 384 g/mol. The molecule has 0 spiro atoms. The maximum absolute atomic E-state index is 11.3. The minimum absolute atomic E-state index is 0.149. The molecule has 0 N–H and O–H groups in total. The summed E-state index contributed by atoms with van der Waals surface area (Å²) in [4.78, 5) is 11.3. The van der Waals surface area contributed by atoms with Gasteiger partial charge in [-0.15, -0.1) is 0 Å². The smallest absolute Gasteiger partial charge is 0.330 e. The van der Waals surface area contributed by atoms with Crippen LogP contribution in [-0.4, -0.2) is 19.2 Å². The van der Waals surface area contributed by atoms with Crippen LogP contribution >= 0.6 is 0 Å². The normalized spacial score (nSPS) is 10.6. The topological polar surface area (TPSA) is 44.8 Å². The van der Waals surface area contributed by atoms with Crippen molar-refractivity contribution in [2.45, 2.75) is 0 Å². The molecule has 4 rings (SSSR count). The van der Waals surface area contributed by atoms with Gasteiger partial charge in [-0.05, 0) is 12.1 Å². The van der Waals surface area contributed by atoms with E-state index in [9.17, 15) is 4.79 Å². The van der Waals surface area contributed by atoms with Gasteiger partial charge < -0.3 is 14.2 Å². The van der Waals surface area contributed by atoms with Gasteiger partial charge in [-0.25, -0.2) is 4.79 Å². The third-order valence-corrected chi connectivity index (χ3v) is 4.54. The zero-order valence-corrected chi connectivity index (χ0v) is 15.8. The molecule has 0 saturated carbocycles. The Hall–Kier alpha value is -3.79. The van der Waals surface area contributed by atoms with Crippen LogP contribution in [0.4, 0.5) is 0 Å². The Morgan fingerprint density at radius 2 is 1.24 bits per heavy atom. The molecule has 0 atom stereocenters. The van der Waals surface area contributed by atoms with Gasteiger partial charge in [-0.1, -0.05) is 73.3 Å². The Labute approximate surface area is 168 Å². The van der Waals surface area contributed by atoms with Gasteiger partial charge in [0.15, 0.2) is 0 Å². The second kappa shape index (κ2) is 8.48. The quantitative estimate of drug-likeness (QED) is 0.172. The van der Waals surface area contributed by atoms with Crippen LogP contribution in [0.5, 0.6) is 17.2 Å². The Kier molecular flexibility index (Phi) is 5.43. The zero-order chi connectivity index (χ0) is 20.1. The molecule has 0 saturated heterocycles. The van der Waals surface area contributed by atoms with Gasteiger partial charge in [-0.2, -0.15) is 0 Å². The number of hydrogen-bond donors (Lipinski definition) is 0. The molecule has 144 valence electrons. The van der Waals surface area contributed by atoms with Crippen LogP contribution in [0, 0.1) is 0 Å². The molecule has 0 heterocycles. The van der Waals surface area contributed by atoms with E-state index in [4.69, 9.17) is 14.2 Å². The molecule has 4 nitrogen and oxygen atoms in total. The highest BCUT2D eigenvalue weighted by atomic mass is 16.6. The molecule has 0 aliphatic heterocycles. The fourth-order valence-corrected chi connectivity index (χ4v) is 3.27. The van der Waals surface area contributed by atoms with E-state index in [1.54, 1.807) is 0 Å². The number of benzene rings is 4. The van der Waals surface area contributed by atoms with Crippen molar-refractivity contribution in [3.63, 3.8) is 0 Å². The predicted octanol–water partition coefficient (Wildman–Crippen LogP) is 5.89. The number of ether oxygens (including phenoxy) is 3. The van der Waals surface area contributed by atoms with Crippen LogP contribution in [0.25, 0.3) is 21.5 Å². The summed E-state index contributed by atoms with van der Waals surface area (Å²) in [6.07, 6.45) is 1.14. The lowest BCUT2D eigenvalue weighted by Gasteiger charge is -2.17. The van der Waals surface area contributed by atoms with Crippen molar-refractivity contribution in [2.75, 3.05) is 13.2 Å². The lowest BCUT2D eigenvalue weighted by atomic mass is 10.0. The summed E-state index contributed by atoms with van der Waals surface area (Å²) in [5.41, 5.74) is 0. The number of carbonyl (C=O) groups is 1. The van der Waals surface area contributed by atoms with Crippen molar-refractivity contribution in [1.82, 2.24) is 0 Å². The van der Waals surface area contributed by atoms with E-state index in [-0.39, 0.29) is 13.2 Å². The number of carbonyl (C=O) groups excluding carboxylic acids is 1. The van der Waals surface area contributed by atoms with E-state index >= 15 is 0 Å². The van der Waals surface area contributed by atoms with E-state index < -0.39 is 5.97 Å². The fourth-order valence-electron chi connectivity index (χ4n) is 3.27. The molecular weight excluding hydrogens is 364 g/mol. The van der Waals surface area contributed by atoms with Crippen LogP contribution < -0.4 is 9.47 Å². The fraction of sp³-hybridized carbons (Fsp3) is 0.0800. The first-order valence-corrected chi connectivity index (χ1v) is 9.36. The molecule has 0 bridgehead atoms. The molecule has 4 aromatic carbocycles. The molecule has 29 heavy (non-hydrogen) atoms. The van der Waals surface area contributed by atoms with Crippen molar-refractivity contribution in [3.8, 4) is 17.2 Å². The number of esters is 1. The summed E-state index contributed by atoms with van der Waals surface area (Å²) < 4.78 is 17.4. The number of fused-ring (bicyclic) bond motifs is 2. The summed E-state index contributed by atoms with van der Waals surface area (Å²) in [7, 11) is 0. The van der Waals surface area contributed by atoms with E-state index in [0.29, 0.717) is 0 Å². The van der Waals surface area contributed by atoms with E-state index in [0.717, 1.165) is 44.9 Å². The standard InChI is InChI=1S/C25H20O4/c1-2-23(26)27-16-17-28-24-19-12-6-8-14-21(19)25(22-15-9-7-13-20(22)24)29-18-10-4-3-5-11-18/h2-15H,1,16-17H2. The van der Waals surface area contributed by atoms with Gasteiger partial charge in [0.2, 0.25) is 0 Å². The van der Waals surface area contributed by atoms with Crippen LogP contribution in [0.1, 0.15) is 0 Å².